The Kier molecular flexibility index (Phi) is 31.2. The molecule has 0 atom stereocenters. The van der Waals surface area contributed by atoms with Gasteiger partial charge in [-0.2, -0.15) is 0 Å². The molecule has 0 amide bonds. The number of rotatable bonds is 0. The molecule has 0 aromatic carbocycles. The van der Waals surface area contributed by atoms with Gasteiger partial charge in [0.1, 0.15) is 0 Å². The Morgan fingerprint density at radius 1 is 0.538 bits per heavy atom. The standard InChI is InChI=1S/H3N.3H2O3S/c;3*1-4(2)3/h1H3;3*4H,(H,1,2,3). The molecule has 0 spiro atoms. The summed E-state index contributed by atoms with van der Waals surface area (Å²) in [6, 6.07) is 0. The largest absolute Gasteiger partial charge is 0.344 e. The van der Waals surface area contributed by atoms with Gasteiger partial charge in [-0.3, -0.25) is 13.7 Å². The lowest BCUT2D eigenvalue weighted by Gasteiger charge is -1.43. The van der Waals surface area contributed by atoms with Crippen LogP contribution in [-0.2, 0) is 33.0 Å². The molecule has 0 saturated heterocycles. The minimum Gasteiger partial charge on any atom is -0.344 e. The molecule has 0 aliphatic carbocycles. The van der Waals surface area contributed by atoms with E-state index in [1.807, 2.05) is 0 Å². The lowest BCUT2D eigenvalue weighted by molar-refractivity contribution is 0.507. The average molecular weight is 263 g/mol. The van der Waals surface area contributed by atoms with Crippen LogP contribution < -0.4 is 6.15 Å². The van der Waals surface area contributed by atoms with Crippen LogP contribution in [0.1, 0.15) is 0 Å². The molecule has 13 heteroatoms. The van der Waals surface area contributed by atoms with Gasteiger partial charge in [-0.15, -0.1) is 0 Å². The Bertz CT molecular complexity index is 208. The molecule has 13 heavy (non-hydrogen) atoms. The van der Waals surface area contributed by atoms with Crippen molar-refractivity contribution in [3.05, 3.63) is 0 Å². The minimum absolute atomic E-state index is 0. The minimum atomic E-state index is -3.12. The van der Waals surface area contributed by atoms with Crippen molar-refractivity contribution in [2.45, 2.75) is 0 Å². The fourth-order valence-electron chi connectivity index (χ4n) is 0. The van der Waals surface area contributed by atoms with Crippen LogP contribution in [0.15, 0.2) is 0 Å². The van der Waals surface area contributed by atoms with Crippen LogP contribution in [0.4, 0.5) is 0 Å². The maximum absolute atomic E-state index is 8.59. The fraction of sp³-hybridized carbons (Fsp3) is 0. The first-order chi connectivity index (χ1) is 5.20. The third-order valence-electron chi connectivity index (χ3n) is 0. The van der Waals surface area contributed by atoms with Crippen LogP contribution in [0.3, 0.4) is 0 Å². The van der Waals surface area contributed by atoms with Crippen molar-refractivity contribution in [1.29, 1.82) is 0 Å². The first kappa shape index (κ1) is 23.0. The van der Waals surface area contributed by atoms with E-state index in [0.717, 1.165) is 0 Å². The van der Waals surface area contributed by atoms with Crippen molar-refractivity contribution >= 4 is 33.0 Å². The maximum atomic E-state index is 8.59. The smallest absolute Gasteiger partial charge is 0.254 e. The summed E-state index contributed by atoms with van der Waals surface area (Å²) in [5, 5.41) is 0. The second-order valence-corrected chi connectivity index (χ2v) is 2.14. The molecule has 0 fully saturated rings. The molecule has 0 aromatic heterocycles. The van der Waals surface area contributed by atoms with Crippen molar-refractivity contribution in [3.63, 3.8) is 0 Å². The topological polar surface area (TPSA) is 198 Å². The highest BCUT2D eigenvalue weighted by Crippen LogP contribution is 1.27. The van der Waals surface area contributed by atoms with Gasteiger partial charge in [0.25, 0.3) is 33.0 Å². The molecule has 10 nitrogen and oxygen atoms in total. The van der Waals surface area contributed by atoms with E-state index in [9.17, 15) is 0 Å². The normalized spacial score (nSPS) is 7.85. The summed E-state index contributed by atoms with van der Waals surface area (Å²) in [5.41, 5.74) is 0. The summed E-state index contributed by atoms with van der Waals surface area (Å²) in [5.74, 6) is 0. The number of hydrogen-bond acceptors (Lipinski definition) is 7. The highest BCUT2D eigenvalue weighted by atomic mass is 32.2. The molecule has 0 saturated carbocycles. The van der Waals surface area contributed by atoms with E-state index in [0.29, 0.717) is 0 Å². The molecule has 0 aliphatic rings. The lowest BCUT2D eigenvalue weighted by atomic mass is 14.0. The molecule has 86 valence electrons. The van der Waals surface area contributed by atoms with Gasteiger partial charge >= 0.3 is 0 Å². The van der Waals surface area contributed by atoms with Crippen LogP contribution in [0.2, 0.25) is 0 Å². The van der Waals surface area contributed by atoms with Crippen LogP contribution in [0.5, 0.6) is 0 Å². The molecular weight excluding hydrogens is 254 g/mol. The molecule has 0 bridgehead atoms. The molecule has 0 rings (SSSR count). The molecule has 0 radical (unpaired) electrons. The molecule has 0 unspecified atom stereocenters. The highest BCUT2D eigenvalue weighted by molar-refractivity contribution is 7.66. The van der Waals surface area contributed by atoms with E-state index in [4.69, 9.17) is 38.9 Å². The van der Waals surface area contributed by atoms with Crippen molar-refractivity contribution in [2.75, 3.05) is 0 Å². The highest BCUT2D eigenvalue weighted by Gasteiger charge is 1.45. The van der Waals surface area contributed by atoms with Gasteiger partial charge in [0.15, 0.2) is 0 Å². The number of hydrogen-bond donors (Lipinski definition) is 7. The first-order valence-corrected chi connectivity index (χ1v) is 5.09. The summed E-state index contributed by atoms with van der Waals surface area (Å²) in [7, 11) is -9.36. The van der Waals surface area contributed by atoms with Crippen LogP contribution >= 0.6 is 0 Å². The quantitative estimate of drug-likeness (QED) is 0.179. The Morgan fingerprint density at radius 2 is 0.538 bits per heavy atom. The van der Waals surface area contributed by atoms with Crippen molar-refractivity contribution in [3.8, 4) is 0 Å². The Balaban J connectivity index is -0.0000000450. The lowest BCUT2D eigenvalue weighted by Crippen LogP contribution is -1.58. The van der Waals surface area contributed by atoms with Gasteiger partial charge in [-0.1, -0.05) is 0 Å². The van der Waals surface area contributed by atoms with Gasteiger partial charge in [-0.05, 0) is 0 Å². The summed E-state index contributed by atoms with van der Waals surface area (Å²) in [6.45, 7) is 0. The van der Waals surface area contributed by atoms with Crippen molar-refractivity contribution in [1.82, 2.24) is 6.15 Å². The fourth-order valence-corrected chi connectivity index (χ4v) is 0. The Hall–Kier alpha value is -0.310. The second-order valence-electron chi connectivity index (χ2n) is 0.714. The van der Waals surface area contributed by atoms with Crippen LogP contribution in [0, 0.1) is 0 Å². The third kappa shape index (κ3) is 11400. The molecule has 0 heterocycles. The third-order valence-corrected chi connectivity index (χ3v) is 0. The van der Waals surface area contributed by atoms with Crippen LogP contribution in [0.25, 0.3) is 0 Å². The number of thiol groups is 3. The summed E-state index contributed by atoms with van der Waals surface area (Å²) in [4.78, 5) is 0. The Labute approximate surface area is 78.5 Å². The van der Waals surface area contributed by atoms with E-state index in [1.54, 1.807) is 0 Å². The van der Waals surface area contributed by atoms with Gasteiger partial charge in [0.2, 0.25) is 0 Å². The van der Waals surface area contributed by atoms with E-state index in [-0.39, 0.29) is 6.15 Å². The van der Waals surface area contributed by atoms with Crippen molar-refractivity contribution in [2.24, 2.45) is 0 Å². The summed E-state index contributed by atoms with van der Waals surface area (Å²) in [6.07, 6.45) is 0. The van der Waals surface area contributed by atoms with Gasteiger partial charge in [0, 0.05) is 0 Å². The van der Waals surface area contributed by atoms with E-state index < -0.39 is 33.0 Å². The zero-order valence-electron chi connectivity index (χ0n) is 5.84. The van der Waals surface area contributed by atoms with E-state index in [1.165, 1.54) is 0 Å². The summed E-state index contributed by atoms with van der Waals surface area (Å²) < 4.78 is 72.6. The Morgan fingerprint density at radius 3 is 0.538 bits per heavy atom. The molecule has 0 aliphatic heterocycles. The predicted octanol–water partition coefficient (Wildman–Crippen LogP) is -2.63. The zero-order valence-corrected chi connectivity index (χ0v) is 8.52. The molecule has 6 N–H and O–H groups in total. The van der Waals surface area contributed by atoms with E-state index >= 15 is 0 Å². The monoisotopic (exact) mass is 263 g/mol. The average Bonchev–Trinajstić information content (AvgIpc) is 1.54. The van der Waals surface area contributed by atoms with Gasteiger partial charge in [0.05, 0.1) is 0 Å². The first-order valence-electron chi connectivity index (χ1n) is 1.70. The van der Waals surface area contributed by atoms with Crippen LogP contribution in [-0.4, -0.2) is 38.9 Å². The van der Waals surface area contributed by atoms with Gasteiger partial charge in [-0.25, -0.2) is 25.3 Å². The molecular formula is H9NO9S3. The van der Waals surface area contributed by atoms with Gasteiger partial charge < -0.3 is 6.15 Å². The second kappa shape index (κ2) is 17.7. The zero-order chi connectivity index (χ0) is 10.7. The SMILES string of the molecule is N.O=[SH](=O)O.O=[SH](=O)O.O=[SH](=O)O. The maximum Gasteiger partial charge on any atom is 0.254 e. The summed E-state index contributed by atoms with van der Waals surface area (Å²) >= 11 is 0. The predicted molar refractivity (Wildman–Crippen MR) is 43.9 cm³/mol. The van der Waals surface area contributed by atoms with Crippen molar-refractivity contribution < 1.29 is 38.9 Å². The van der Waals surface area contributed by atoms with E-state index in [2.05, 4.69) is 0 Å². The molecule has 0 aromatic rings.